The number of nitrogens with zero attached hydrogens (tertiary/aromatic N) is 4. The van der Waals surface area contributed by atoms with Crippen molar-refractivity contribution >= 4 is 5.91 Å². The van der Waals surface area contributed by atoms with Crippen molar-refractivity contribution in [2.45, 2.75) is 18.9 Å². The van der Waals surface area contributed by atoms with Crippen LogP contribution < -0.4 is 10.3 Å². The molecule has 1 saturated heterocycles. The molecule has 1 amide bonds. The number of rotatable bonds is 3. The molecule has 1 atom stereocenters. The van der Waals surface area contributed by atoms with Gasteiger partial charge in [0, 0.05) is 25.0 Å². The fourth-order valence-electron chi connectivity index (χ4n) is 2.36. The van der Waals surface area contributed by atoms with Crippen molar-refractivity contribution in [2.24, 2.45) is 0 Å². The number of ether oxygens (including phenoxy) is 1. The largest absolute Gasteiger partial charge is 0.471 e. The predicted octanol–water partition coefficient (Wildman–Crippen LogP) is 0.243. The molecule has 0 bridgehead atoms. The Bertz CT molecular complexity index is 683. The Morgan fingerprint density at radius 3 is 3.00 bits per heavy atom. The van der Waals surface area contributed by atoms with E-state index in [2.05, 4.69) is 20.2 Å². The summed E-state index contributed by atoms with van der Waals surface area (Å²) in [5.41, 5.74) is -0.112. The van der Waals surface area contributed by atoms with E-state index in [1.807, 2.05) is 0 Å². The molecule has 8 nitrogen and oxygen atoms in total. The summed E-state index contributed by atoms with van der Waals surface area (Å²) in [5.74, 6) is 0.229. The summed E-state index contributed by atoms with van der Waals surface area (Å²) in [6.45, 7) is 1.09. The van der Waals surface area contributed by atoms with Gasteiger partial charge in [-0.1, -0.05) is 0 Å². The van der Waals surface area contributed by atoms with Crippen molar-refractivity contribution in [3.05, 3.63) is 46.8 Å². The van der Waals surface area contributed by atoms with Gasteiger partial charge in [0.2, 0.25) is 5.88 Å². The van der Waals surface area contributed by atoms with Crippen LogP contribution in [0.5, 0.6) is 5.88 Å². The topological polar surface area (TPSA) is 101 Å². The normalized spacial score (nSPS) is 18.0. The Kier molecular flexibility index (Phi) is 4.08. The zero-order chi connectivity index (χ0) is 15.4. The van der Waals surface area contributed by atoms with E-state index >= 15 is 0 Å². The van der Waals surface area contributed by atoms with Crippen LogP contribution in [-0.4, -0.2) is 50.2 Å². The number of piperidine rings is 1. The van der Waals surface area contributed by atoms with Gasteiger partial charge in [-0.05, 0) is 18.9 Å². The highest BCUT2D eigenvalue weighted by Crippen LogP contribution is 2.17. The number of carbonyl (C=O) groups is 1. The fraction of sp³-hybridized carbons (Fsp3) is 0.357. The van der Waals surface area contributed by atoms with Crippen LogP contribution in [-0.2, 0) is 0 Å². The molecule has 0 spiro atoms. The average molecular weight is 301 g/mol. The molecule has 114 valence electrons. The molecule has 1 fully saturated rings. The Labute approximate surface area is 126 Å². The second kappa shape index (κ2) is 6.33. The maximum absolute atomic E-state index is 12.4. The molecule has 2 aromatic rings. The Hall–Kier alpha value is -2.77. The molecule has 0 unspecified atom stereocenters. The number of amides is 1. The van der Waals surface area contributed by atoms with E-state index < -0.39 is 0 Å². The monoisotopic (exact) mass is 301 g/mol. The summed E-state index contributed by atoms with van der Waals surface area (Å²) in [4.78, 5) is 33.1. The lowest BCUT2D eigenvalue weighted by atomic mass is 10.1. The van der Waals surface area contributed by atoms with E-state index in [1.165, 1.54) is 12.1 Å². The highest BCUT2D eigenvalue weighted by atomic mass is 16.5. The number of aromatic amines is 1. The molecule has 22 heavy (non-hydrogen) atoms. The van der Waals surface area contributed by atoms with E-state index in [9.17, 15) is 9.59 Å². The van der Waals surface area contributed by atoms with Gasteiger partial charge in [0.25, 0.3) is 11.5 Å². The van der Waals surface area contributed by atoms with Gasteiger partial charge >= 0.3 is 0 Å². The zero-order valence-corrected chi connectivity index (χ0v) is 11.8. The molecule has 8 heteroatoms. The third kappa shape index (κ3) is 3.27. The number of carbonyl (C=O) groups excluding carboxylic acids is 1. The summed E-state index contributed by atoms with van der Waals surface area (Å²) in [5, 5.41) is 6.04. The third-order valence-corrected chi connectivity index (χ3v) is 3.39. The lowest BCUT2D eigenvalue weighted by molar-refractivity contribution is 0.0520. The second-order valence-electron chi connectivity index (χ2n) is 4.98. The first-order valence-corrected chi connectivity index (χ1v) is 7.00. The van der Waals surface area contributed by atoms with Crippen molar-refractivity contribution in [1.82, 2.24) is 25.1 Å². The second-order valence-corrected chi connectivity index (χ2v) is 4.98. The minimum absolute atomic E-state index is 0.128. The van der Waals surface area contributed by atoms with Gasteiger partial charge < -0.3 is 9.64 Å². The predicted molar refractivity (Wildman–Crippen MR) is 76.4 cm³/mol. The van der Waals surface area contributed by atoms with Crippen molar-refractivity contribution in [1.29, 1.82) is 0 Å². The van der Waals surface area contributed by atoms with Crippen LogP contribution in [0.4, 0.5) is 0 Å². The number of nitrogens with one attached hydrogen (secondary N) is 1. The van der Waals surface area contributed by atoms with Crippen LogP contribution in [0.25, 0.3) is 0 Å². The molecule has 0 aliphatic carbocycles. The summed E-state index contributed by atoms with van der Waals surface area (Å²) in [6.07, 6.45) is 6.23. The maximum atomic E-state index is 12.4. The molecule has 0 aromatic carbocycles. The molecule has 3 heterocycles. The number of likely N-dealkylation sites (tertiary alicyclic amines) is 1. The highest BCUT2D eigenvalue weighted by Gasteiger charge is 2.26. The Balaban J connectivity index is 1.66. The number of aromatic nitrogens is 4. The van der Waals surface area contributed by atoms with Gasteiger partial charge in [-0.15, -0.1) is 0 Å². The lowest BCUT2D eigenvalue weighted by Gasteiger charge is -2.32. The van der Waals surface area contributed by atoms with E-state index in [-0.39, 0.29) is 23.3 Å². The standard InChI is InChI=1S/C14H15N5O3/c20-12-4-3-11(17-18-12)14(21)19-7-1-2-10(9-19)22-13-8-15-5-6-16-13/h3-6,8,10H,1-2,7,9H2,(H,18,20)/t10-/m1/s1. The maximum Gasteiger partial charge on any atom is 0.274 e. The summed E-state index contributed by atoms with van der Waals surface area (Å²) in [6, 6.07) is 2.71. The average Bonchev–Trinajstić information content (AvgIpc) is 2.56. The molecule has 1 aliphatic rings. The van der Waals surface area contributed by atoms with Crippen LogP contribution >= 0.6 is 0 Å². The minimum atomic E-state index is -0.334. The van der Waals surface area contributed by atoms with Crippen LogP contribution in [0.15, 0.2) is 35.5 Å². The quantitative estimate of drug-likeness (QED) is 0.871. The van der Waals surface area contributed by atoms with E-state index in [1.54, 1.807) is 23.5 Å². The van der Waals surface area contributed by atoms with Crippen molar-refractivity contribution in [3.8, 4) is 5.88 Å². The van der Waals surface area contributed by atoms with Crippen LogP contribution in [0.3, 0.4) is 0 Å². The molecular weight excluding hydrogens is 286 g/mol. The lowest BCUT2D eigenvalue weighted by Crippen LogP contribution is -2.44. The van der Waals surface area contributed by atoms with Crippen molar-refractivity contribution < 1.29 is 9.53 Å². The molecule has 1 N–H and O–H groups in total. The van der Waals surface area contributed by atoms with Gasteiger partial charge in [0.1, 0.15) is 11.8 Å². The molecule has 2 aromatic heterocycles. The van der Waals surface area contributed by atoms with Gasteiger partial charge in [-0.3, -0.25) is 14.6 Å². The van der Waals surface area contributed by atoms with Gasteiger partial charge in [-0.2, -0.15) is 5.10 Å². The number of hydrogen-bond donors (Lipinski definition) is 1. The Morgan fingerprint density at radius 1 is 1.36 bits per heavy atom. The summed E-state index contributed by atoms with van der Waals surface area (Å²) >= 11 is 0. The Morgan fingerprint density at radius 2 is 2.27 bits per heavy atom. The summed E-state index contributed by atoms with van der Waals surface area (Å²) < 4.78 is 5.74. The van der Waals surface area contributed by atoms with E-state index in [4.69, 9.17) is 4.74 Å². The number of hydrogen-bond acceptors (Lipinski definition) is 6. The van der Waals surface area contributed by atoms with Crippen molar-refractivity contribution in [3.63, 3.8) is 0 Å². The fourth-order valence-corrected chi connectivity index (χ4v) is 2.36. The van der Waals surface area contributed by atoms with Crippen LogP contribution in [0.2, 0.25) is 0 Å². The third-order valence-electron chi connectivity index (χ3n) is 3.39. The molecule has 3 rings (SSSR count). The van der Waals surface area contributed by atoms with Crippen LogP contribution in [0, 0.1) is 0 Å². The highest BCUT2D eigenvalue weighted by molar-refractivity contribution is 5.92. The molecule has 0 radical (unpaired) electrons. The molecule has 0 saturated carbocycles. The molecular formula is C14H15N5O3. The zero-order valence-electron chi connectivity index (χ0n) is 11.8. The summed E-state index contributed by atoms with van der Waals surface area (Å²) in [7, 11) is 0. The van der Waals surface area contributed by atoms with Gasteiger partial charge in [0.15, 0.2) is 0 Å². The minimum Gasteiger partial charge on any atom is -0.471 e. The number of H-pyrrole nitrogens is 1. The SMILES string of the molecule is O=C(c1ccc(=O)[nH]n1)N1CCC[C@@H](Oc2cnccn2)C1. The van der Waals surface area contributed by atoms with Crippen LogP contribution in [0.1, 0.15) is 23.3 Å². The molecule has 1 aliphatic heterocycles. The first-order valence-electron chi connectivity index (χ1n) is 7.00. The van der Waals surface area contributed by atoms with E-state index in [0.717, 1.165) is 12.8 Å². The van der Waals surface area contributed by atoms with Crippen molar-refractivity contribution in [2.75, 3.05) is 13.1 Å². The smallest absolute Gasteiger partial charge is 0.274 e. The first-order chi connectivity index (χ1) is 10.7. The van der Waals surface area contributed by atoms with E-state index in [0.29, 0.717) is 19.0 Å². The first kappa shape index (κ1) is 14.2. The van der Waals surface area contributed by atoms with Gasteiger partial charge in [0.05, 0.1) is 12.7 Å². The van der Waals surface area contributed by atoms with Gasteiger partial charge in [-0.25, -0.2) is 10.1 Å².